The van der Waals surface area contributed by atoms with Crippen LogP contribution < -0.4 is 4.74 Å². The minimum absolute atomic E-state index is 0.108. The van der Waals surface area contributed by atoms with E-state index in [1.54, 1.807) is 30.3 Å². The average Bonchev–Trinajstić information content (AvgIpc) is 3.17. The van der Waals surface area contributed by atoms with E-state index >= 15 is 0 Å². The van der Waals surface area contributed by atoms with Gasteiger partial charge < -0.3 is 28.8 Å². The molecule has 0 bridgehead atoms. The molecule has 12 heteroatoms. The maximum Gasteiger partial charge on any atom is 0.471 e. The van der Waals surface area contributed by atoms with E-state index in [0.717, 1.165) is 12.0 Å². The molecule has 194 valence electrons. The number of likely N-dealkylation sites (tertiary alicyclic amines) is 1. The van der Waals surface area contributed by atoms with Crippen LogP contribution >= 0.6 is 0 Å². The van der Waals surface area contributed by atoms with Crippen LogP contribution in [-0.2, 0) is 35.2 Å². The normalized spacial score (nSPS) is 29.4. The topological polar surface area (TPSA) is 102 Å². The molecule has 9 nitrogen and oxygen atoms in total. The van der Waals surface area contributed by atoms with Gasteiger partial charge in [0.2, 0.25) is 5.91 Å². The number of methoxy groups -OCH3 is 2. The molecule has 1 aromatic rings. The van der Waals surface area contributed by atoms with Crippen molar-refractivity contribution in [2.45, 2.75) is 49.4 Å². The first-order valence-electron chi connectivity index (χ1n) is 11.3. The summed E-state index contributed by atoms with van der Waals surface area (Å²) in [6.07, 6.45) is -3.15. The van der Waals surface area contributed by atoms with E-state index in [4.69, 9.17) is 14.2 Å². The third-order valence-electron chi connectivity index (χ3n) is 6.95. The van der Waals surface area contributed by atoms with Crippen LogP contribution in [-0.4, -0.2) is 84.6 Å². The highest BCUT2D eigenvalue weighted by Gasteiger charge is 2.72. The number of fused-ring (bicyclic) bond motifs is 3. The van der Waals surface area contributed by atoms with Crippen molar-refractivity contribution in [2.24, 2.45) is 5.92 Å². The van der Waals surface area contributed by atoms with Crippen molar-refractivity contribution in [3.05, 3.63) is 42.0 Å². The Hall–Kier alpha value is -3.41. The van der Waals surface area contributed by atoms with E-state index in [9.17, 15) is 32.3 Å². The highest BCUT2D eigenvalue weighted by molar-refractivity contribution is 5.95. The molecule has 0 spiro atoms. The molecule has 1 aromatic carbocycles. The zero-order chi connectivity index (χ0) is 26.3. The van der Waals surface area contributed by atoms with E-state index in [1.165, 1.54) is 13.2 Å². The molecule has 0 aliphatic carbocycles. The van der Waals surface area contributed by atoms with Crippen molar-refractivity contribution in [2.75, 3.05) is 20.8 Å². The number of carbonyl (C=O) groups excluding carboxylic acids is 4. The minimum Gasteiger partial charge on any atom is -0.497 e. The summed E-state index contributed by atoms with van der Waals surface area (Å²) in [7, 11) is 2.59. The predicted octanol–water partition coefficient (Wildman–Crippen LogP) is 1.64. The lowest BCUT2D eigenvalue weighted by molar-refractivity contribution is -0.189. The fourth-order valence-corrected chi connectivity index (χ4v) is 5.49. The first-order valence-corrected chi connectivity index (χ1v) is 11.3. The smallest absolute Gasteiger partial charge is 0.471 e. The number of alkyl halides is 3. The molecule has 4 rings (SSSR count). The van der Waals surface area contributed by atoms with E-state index < -0.39 is 60.1 Å². The molecule has 2 saturated heterocycles. The van der Waals surface area contributed by atoms with Crippen LogP contribution in [0.1, 0.15) is 18.4 Å². The second-order valence-electron chi connectivity index (χ2n) is 8.83. The van der Waals surface area contributed by atoms with Crippen molar-refractivity contribution >= 4 is 24.1 Å². The summed E-state index contributed by atoms with van der Waals surface area (Å²) in [5, 5.41) is 0. The lowest BCUT2D eigenvalue weighted by Gasteiger charge is -2.34. The quantitative estimate of drug-likeness (QED) is 0.326. The summed E-state index contributed by atoms with van der Waals surface area (Å²) < 4.78 is 56.7. The maximum atomic E-state index is 13.9. The third kappa shape index (κ3) is 4.12. The van der Waals surface area contributed by atoms with Crippen LogP contribution in [0.25, 0.3) is 0 Å². The van der Waals surface area contributed by atoms with Gasteiger partial charge in [0.05, 0.1) is 32.3 Å². The zero-order valence-corrected chi connectivity index (χ0v) is 19.6. The Labute approximate surface area is 204 Å². The van der Waals surface area contributed by atoms with Crippen LogP contribution in [0.4, 0.5) is 13.2 Å². The number of amides is 2. The van der Waals surface area contributed by atoms with E-state index in [-0.39, 0.29) is 19.5 Å². The molecular formula is C24H25F3N2O7. The molecule has 0 saturated carbocycles. The van der Waals surface area contributed by atoms with Gasteiger partial charge in [-0.25, -0.2) is 4.79 Å². The lowest BCUT2D eigenvalue weighted by atomic mass is 9.79. The van der Waals surface area contributed by atoms with E-state index in [0.29, 0.717) is 22.5 Å². The van der Waals surface area contributed by atoms with Gasteiger partial charge in [0.25, 0.3) is 0 Å². The number of benzene rings is 1. The molecule has 36 heavy (non-hydrogen) atoms. The SMILES string of the molecule is COC(=O)[C@H]1N(Cc2ccc(OC)cc2)C(=O)[C@@H]2[C@@H]3[C@@H](C=CCCN3C(=O)C(F)(F)F)O[C@@]21CC=O. The van der Waals surface area contributed by atoms with E-state index in [2.05, 4.69) is 0 Å². The molecular weight excluding hydrogens is 485 g/mol. The van der Waals surface area contributed by atoms with E-state index in [1.807, 2.05) is 0 Å². The Morgan fingerprint density at radius 3 is 2.50 bits per heavy atom. The summed E-state index contributed by atoms with van der Waals surface area (Å²) >= 11 is 0. The Morgan fingerprint density at radius 2 is 1.92 bits per heavy atom. The number of rotatable bonds is 6. The second kappa shape index (κ2) is 9.57. The van der Waals surface area contributed by atoms with Crippen molar-refractivity contribution in [1.29, 1.82) is 0 Å². The molecule has 0 N–H and O–H groups in total. The third-order valence-corrected chi connectivity index (χ3v) is 6.95. The van der Waals surface area contributed by atoms with Gasteiger partial charge >= 0.3 is 18.1 Å². The van der Waals surface area contributed by atoms with Crippen LogP contribution in [0.15, 0.2) is 36.4 Å². The van der Waals surface area contributed by atoms with Gasteiger partial charge in [0.15, 0.2) is 6.04 Å². The van der Waals surface area contributed by atoms with Crippen LogP contribution in [0, 0.1) is 5.92 Å². The highest BCUT2D eigenvalue weighted by Crippen LogP contribution is 2.52. The summed E-state index contributed by atoms with van der Waals surface area (Å²) in [5.74, 6) is -4.53. The van der Waals surface area contributed by atoms with Crippen LogP contribution in [0.2, 0.25) is 0 Å². The number of nitrogens with zero attached hydrogens (tertiary/aromatic N) is 2. The fraction of sp³-hybridized carbons (Fsp3) is 0.500. The standard InChI is InChI=1S/C24H25F3N2O7/c1-34-15-8-6-14(7-9-15)13-29-19(21(32)35-2)23(10-12-30)17(20(29)31)18-16(36-23)5-3-4-11-28(18)22(33)24(25,26)27/h3,5-9,12,16-19H,4,10-11,13H2,1-2H3/t16-,17+,18+,19-,23+/m1/s1. The molecule has 3 aliphatic rings. The number of ether oxygens (including phenoxy) is 3. The van der Waals surface area contributed by atoms with Gasteiger partial charge in [-0.3, -0.25) is 9.59 Å². The molecule has 2 amide bonds. The van der Waals surface area contributed by atoms with Gasteiger partial charge in [-0.2, -0.15) is 13.2 Å². The van der Waals surface area contributed by atoms with Gasteiger partial charge in [0, 0.05) is 19.5 Å². The fourth-order valence-electron chi connectivity index (χ4n) is 5.49. The number of carbonyl (C=O) groups is 4. The van der Waals surface area contributed by atoms with Crippen molar-refractivity contribution < 1.29 is 46.6 Å². The zero-order valence-electron chi connectivity index (χ0n) is 19.6. The summed E-state index contributed by atoms with van der Waals surface area (Å²) in [4.78, 5) is 52.8. The monoisotopic (exact) mass is 510 g/mol. The molecule has 5 atom stereocenters. The predicted molar refractivity (Wildman–Crippen MR) is 116 cm³/mol. The summed E-state index contributed by atoms with van der Waals surface area (Å²) in [6.45, 7) is -0.412. The van der Waals surface area contributed by atoms with Crippen LogP contribution in [0.5, 0.6) is 5.75 Å². The Morgan fingerprint density at radius 1 is 1.22 bits per heavy atom. The highest BCUT2D eigenvalue weighted by atomic mass is 19.4. The van der Waals surface area contributed by atoms with Gasteiger partial charge in [0.1, 0.15) is 17.6 Å². The Bertz CT molecular complexity index is 1070. The molecule has 3 aliphatic heterocycles. The van der Waals surface area contributed by atoms with Gasteiger partial charge in [-0.1, -0.05) is 24.3 Å². The minimum atomic E-state index is -5.18. The first-order chi connectivity index (χ1) is 17.1. The number of halogens is 3. The molecule has 0 unspecified atom stereocenters. The lowest BCUT2D eigenvalue weighted by Crippen LogP contribution is -2.55. The van der Waals surface area contributed by atoms with Gasteiger partial charge in [-0.05, 0) is 24.1 Å². The first kappa shape index (κ1) is 25.7. The number of hydrogen-bond donors (Lipinski definition) is 0. The number of hydrogen-bond acceptors (Lipinski definition) is 7. The maximum absolute atomic E-state index is 13.9. The molecule has 2 fully saturated rings. The van der Waals surface area contributed by atoms with Crippen molar-refractivity contribution in [3.8, 4) is 5.75 Å². The Balaban J connectivity index is 1.81. The largest absolute Gasteiger partial charge is 0.497 e. The Kier molecular flexibility index (Phi) is 6.82. The second-order valence-corrected chi connectivity index (χ2v) is 8.83. The molecule has 3 heterocycles. The van der Waals surface area contributed by atoms with Crippen molar-refractivity contribution in [3.63, 3.8) is 0 Å². The van der Waals surface area contributed by atoms with Crippen molar-refractivity contribution in [1.82, 2.24) is 9.80 Å². The molecule has 0 aromatic heterocycles. The number of esters is 1. The van der Waals surface area contributed by atoms with Crippen LogP contribution in [0.3, 0.4) is 0 Å². The van der Waals surface area contributed by atoms with Gasteiger partial charge in [-0.15, -0.1) is 0 Å². The number of aldehydes is 1. The summed E-state index contributed by atoms with van der Waals surface area (Å²) in [6, 6.07) is 3.85. The summed E-state index contributed by atoms with van der Waals surface area (Å²) in [5.41, 5.74) is -1.22. The molecule has 0 radical (unpaired) electrons. The average molecular weight is 510 g/mol.